The van der Waals surface area contributed by atoms with Gasteiger partial charge in [0.05, 0.1) is 79.8 Å². The van der Waals surface area contributed by atoms with E-state index in [0.717, 1.165) is 94.1 Å². The van der Waals surface area contributed by atoms with Crippen molar-refractivity contribution in [3.05, 3.63) is 229 Å². The van der Waals surface area contributed by atoms with Crippen LogP contribution in [0.25, 0.3) is 121 Å². The molecule has 310 valence electrons. The van der Waals surface area contributed by atoms with Gasteiger partial charge in [0.2, 0.25) is 0 Å². The Morgan fingerprint density at radius 3 is 1.13 bits per heavy atom. The lowest BCUT2D eigenvalue weighted by atomic mass is 10.0. The van der Waals surface area contributed by atoms with Gasteiger partial charge in [0.25, 0.3) is 0 Å². The number of nitriles is 1. The van der Waals surface area contributed by atoms with Gasteiger partial charge >= 0.3 is 0 Å². The molecule has 0 bridgehead atoms. The molecule has 67 heavy (non-hydrogen) atoms. The monoisotopic (exact) mass is 853 g/mol. The molecular formula is C60H35N7. The molecule has 13 aromatic rings. The van der Waals surface area contributed by atoms with E-state index in [1.807, 2.05) is 36.4 Å². The third kappa shape index (κ3) is 5.90. The van der Waals surface area contributed by atoms with E-state index in [1.165, 1.54) is 10.8 Å². The standard InChI is InChI=1S/C60H35N7/c1-62-42-32-30-39(31-33-42)49-36-50(64-60(63-49)40-28-26-38(37-61)27-29-40)41-34-57(65-51-20-8-2-14-43(51)44-15-3-9-21-52(44)65)59(67-55-24-12-6-18-47(55)48-19-7-13-25-56(48)67)58(35-41)66-53-22-10-4-16-45(53)46-17-5-11-23-54(46)66/h2-36H. The third-order valence-corrected chi connectivity index (χ3v) is 13.1. The highest BCUT2D eigenvalue weighted by atomic mass is 15.1. The highest BCUT2D eigenvalue weighted by Gasteiger charge is 2.26. The van der Waals surface area contributed by atoms with Crippen LogP contribution in [0.1, 0.15) is 5.56 Å². The van der Waals surface area contributed by atoms with Crippen molar-refractivity contribution in [1.29, 1.82) is 5.26 Å². The van der Waals surface area contributed by atoms with E-state index >= 15 is 0 Å². The Kier molecular flexibility index (Phi) is 8.51. The van der Waals surface area contributed by atoms with E-state index in [-0.39, 0.29) is 0 Å². The Labute approximate surface area is 384 Å². The van der Waals surface area contributed by atoms with Crippen molar-refractivity contribution in [2.45, 2.75) is 0 Å². The predicted molar refractivity (Wildman–Crippen MR) is 272 cm³/mol. The van der Waals surface area contributed by atoms with Crippen molar-refractivity contribution in [3.63, 3.8) is 0 Å². The third-order valence-electron chi connectivity index (χ3n) is 13.1. The summed E-state index contributed by atoms with van der Waals surface area (Å²) in [7, 11) is 0. The van der Waals surface area contributed by atoms with Crippen LogP contribution in [-0.4, -0.2) is 23.7 Å². The van der Waals surface area contributed by atoms with Gasteiger partial charge in [0, 0.05) is 43.4 Å². The van der Waals surface area contributed by atoms with Gasteiger partial charge in [-0.15, -0.1) is 0 Å². The number of hydrogen-bond acceptors (Lipinski definition) is 3. The van der Waals surface area contributed by atoms with Crippen LogP contribution in [-0.2, 0) is 0 Å². The van der Waals surface area contributed by atoms with Gasteiger partial charge in [-0.2, -0.15) is 5.26 Å². The van der Waals surface area contributed by atoms with E-state index in [1.54, 1.807) is 12.1 Å². The molecule has 7 heteroatoms. The number of nitrogens with zero attached hydrogens (tertiary/aromatic N) is 7. The Morgan fingerprint density at radius 1 is 0.388 bits per heavy atom. The molecule has 4 aromatic heterocycles. The summed E-state index contributed by atoms with van der Waals surface area (Å²) in [6.07, 6.45) is 0. The molecule has 0 saturated carbocycles. The van der Waals surface area contributed by atoms with Gasteiger partial charge in [-0.25, -0.2) is 14.8 Å². The molecule has 0 unspecified atom stereocenters. The van der Waals surface area contributed by atoms with Crippen LogP contribution in [0.2, 0.25) is 0 Å². The summed E-state index contributed by atoms with van der Waals surface area (Å²) < 4.78 is 7.31. The first kappa shape index (κ1) is 37.9. The maximum Gasteiger partial charge on any atom is 0.187 e. The van der Waals surface area contributed by atoms with Crippen LogP contribution in [0.4, 0.5) is 5.69 Å². The number of benzene rings is 9. The van der Waals surface area contributed by atoms with Crippen LogP contribution in [0, 0.1) is 17.9 Å². The quantitative estimate of drug-likeness (QED) is 0.156. The van der Waals surface area contributed by atoms with Gasteiger partial charge < -0.3 is 13.7 Å². The molecule has 0 N–H and O–H groups in total. The van der Waals surface area contributed by atoms with Crippen molar-refractivity contribution in [2.75, 3.05) is 0 Å². The largest absolute Gasteiger partial charge is 0.307 e. The molecule has 0 atom stereocenters. The molecule has 0 spiro atoms. The zero-order chi connectivity index (χ0) is 44.6. The van der Waals surface area contributed by atoms with Gasteiger partial charge in [-0.3, -0.25) is 0 Å². The fraction of sp³-hybridized carbons (Fsp3) is 0. The first-order chi connectivity index (χ1) is 33.1. The Bertz CT molecular complexity index is 3860. The maximum atomic E-state index is 9.70. The van der Waals surface area contributed by atoms with Crippen LogP contribution >= 0.6 is 0 Å². The molecule has 0 aliphatic rings. The zero-order valence-corrected chi connectivity index (χ0v) is 35.8. The second-order valence-corrected chi connectivity index (χ2v) is 16.8. The van der Waals surface area contributed by atoms with Crippen LogP contribution in [0.15, 0.2) is 212 Å². The average molecular weight is 854 g/mol. The number of hydrogen-bond donors (Lipinski definition) is 0. The molecule has 0 aliphatic carbocycles. The highest BCUT2D eigenvalue weighted by molar-refractivity contribution is 6.14. The maximum absolute atomic E-state index is 9.70. The van der Waals surface area contributed by atoms with Crippen molar-refractivity contribution < 1.29 is 0 Å². The van der Waals surface area contributed by atoms with E-state index in [4.69, 9.17) is 16.5 Å². The molecule has 0 aliphatic heterocycles. The Morgan fingerprint density at radius 2 is 0.746 bits per heavy atom. The molecule has 7 nitrogen and oxygen atoms in total. The summed E-state index contributed by atoms with van der Waals surface area (Å²) in [6, 6.07) is 75.9. The first-order valence-corrected chi connectivity index (χ1v) is 22.2. The summed E-state index contributed by atoms with van der Waals surface area (Å²) >= 11 is 0. The van der Waals surface area contributed by atoms with E-state index in [0.29, 0.717) is 22.8 Å². The van der Waals surface area contributed by atoms with Crippen LogP contribution in [0.5, 0.6) is 0 Å². The highest BCUT2D eigenvalue weighted by Crippen LogP contribution is 2.45. The lowest BCUT2D eigenvalue weighted by Gasteiger charge is -2.23. The van der Waals surface area contributed by atoms with Gasteiger partial charge in [-0.05, 0) is 84.4 Å². The lowest BCUT2D eigenvalue weighted by Crippen LogP contribution is -2.10. The molecule has 0 saturated heterocycles. The Balaban J connectivity index is 1.24. The van der Waals surface area contributed by atoms with Gasteiger partial charge in [0.15, 0.2) is 11.5 Å². The first-order valence-electron chi connectivity index (χ1n) is 22.2. The topological polar surface area (TPSA) is 68.7 Å². The fourth-order valence-corrected chi connectivity index (χ4v) is 10.1. The summed E-state index contributed by atoms with van der Waals surface area (Å²) in [4.78, 5) is 14.2. The molecule has 9 aromatic carbocycles. The zero-order valence-electron chi connectivity index (χ0n) is 35.8. The van der Waals surface area contributed by atoms with Crippen LogP contribution in [0.3, 0.4) is 0 Å². The molecule has 0 fully saturated rings. The fourth-order valence-electron chi connectivity index (χ4n) is 10.1. The van der Waals surface area contributed by atoms with E-state index < -0.39 is 0 Å². The number of fused-ring (bicyclic) bond motifs is 9. The molecule has 0 amide bonds. The minimum Gasteiger partial charge on any atom is -0.307 e. The summed E-state index contributed by atoms with van der Waals surface area (Å²) in [5.74, 6) is 0.523. The second kappa shape index (κ2) is 15.0. The number of aromatic nitrogens is 5. The predicted octanol–water partition coefficient (Wildman–Crippen LogP) is 15.2. The summed E-state index contributed by atoms with van der Waals surface area (Å²) in [5.41, 5.74) is 14.5. The van der Waals surface area contributed by atoms with E-state index in [2.05, 4.69) is 188 Å². The van der Waals surface area contributed by atoms with Gasteiger partial charge in [-0.1, -0.05) is 133 Å². The summed E-state index contributed by atoms with van der Waals surface area (Å²) in [5, 5.41) is 16.7. The normalized spacial score (nSPS) is 11.6. The molecule has 0 radical (unpaired) electrons. The SMILES string of the molecule is [C-]#[N+]c1ccc(-c2cc(-c3cc(-n4c5ccccc5c5ccccc54)c(-n4c5ccccc5c5ccccc54)c(-n4c5ccccc5c5ccccc54)c3)nc(-c3ccc(C#N)cc3)n2)cc1. The van der Waals surface area contributed by atoms with Crippen molar-refractivity contribution in [1.82, 2.24) is 23.7 Å². The Hall–Kier alpha value is -9.56. The van der Waals surface area contributed by atoms with Crippen molar-refractivity contribution in [3.8, 4) is 57.0 Å². The number of rotatable bonds is 6. The minimum atomic E-state index is 0.523. The van der Waals surface area contributed by atoms with Crippen molar-refractivity contribution >= 4 is 71.1 Å². The number of para-hydroxylation sites is 6. The average Bonchev–Trinajstić information content (AvgIpc) is 4.04. The van der Waals surface area contributed by atoms with E-state index in [9.17, 15) is 5.26 Å². The van der Waals surface area contributed by atoms with Crippen LogP contribution < -0.4 is 0 Å². The lowest BCUT2D eigenvalue weighted by molar-refractivity contribution is 1.05. The second-order valence-electron chi connectivity index (χ2n) is 16.8. The molecular weight excluding hydrogens is 819 g/mol. The smallest absolute Gasteiger partial charge is 0.187 e. The summed E-state index contributed by atoms with van der Waals surface area (Å²) in [6.45, 7) is 7.63. The van der Waals surface area contributed by atoms with Crippen molar-refractivity contribution in [2.24, 2.45) is 0 Å². The molecule has 4 heterocycles. The van der Waals surface area contributed by atoms with Gasteiger partial charge in [0.1, 0.15) is 0 Å². The molecule has 13 rings (SSSR count). The minimum absolute atomic E-state index is 0.523.